The van der Waals surface area contributed by atoms with Gasteiger partial charge in [0, 0.05) is 18.0 Å². The molecule has 3 nitrogen and oxygen atoms in total. The fraction of sp³-hybridized carbons (Fsp3) is 0.200. The Kier molecular flexibility index (Phi) is 8.74. The lowest BCUT2D eigenvalue weighted by Gasteiger charge is -2.13. The van der Waals surface area contributed by atoms with Gasteiger partial charge in [0.15, 0.2) is 11.5 Å². The highest BCUT2D eigenvalue weighted by Gasteiger charge is 2.07. The highest BCUT2D eigenvalue weighted by molar-refractivity contribution is 7.09. The maximum Gasteiger partial charge on any atom is 0.161 e. The van der Waals surface area contributed by atoms with Gasteiger partial charge in [0.1, 0.15) is 6.61 Å². The van der Waals surface area contributed by atoms with Crippen LogP contribution in [0.4, 0.5) is 0 Å². The second-order valence-corrected chi connectivity index (χ2v) is 7.55. The standard InChI is InChI=1S/C20H19Cl2NO2S.ClH/c1-24-20-10-14(11-23-12-16-3-2-8-26-16)5-7-19(20)25-13-15-4-6-17(21)18(22)9-15;/h2-10,23H,11-13H2,1H3;1H. The van der Waals surface area contributed by atoms with Crippen molar-refractivity contribution in [3.8, 4) is 11.5 Å². The molecule has 0 unspecified atom stereocenters. The molecule has 0 aliphatic heterocycles. The van der Waals surface area contributed by atoms with E-state index in [0.29, 0.717) is 28.2 Å². The molecule has 0 aliphatic carbocycles. The van der Waals surface area contributed by atoms with Gasteiger partial charge in [-0.2, -0.15) is 0 Å². The molecule has 0 radical (unpaired) electrons. The Morgan fingerprint density at radius 1 is 0.926 bits per heavy atom. The van der Waals surface area contributed by atoms with Gasteiger partial charge < -0.3 is 14.8 Å². The van der Waals surface area contributed by atoms with Crippen molar-refractivity contribution in [2.75, 3.05) is 7.11 Å². The molecule has 0 saturated heterocycles. The molecule has 1 N–H and O–H groups in total. The molecule has 0 aliphatic rings. The normalized spacial score (nSPS) is 10.3. The summed E-state index contributed by atoms with van der Waals surface area (Å²) in [7, 11) is 1.64. The molecule has 27 heavy (non-hydrogen) atoms. The van der Waals surface area contributed by atoms with E-state index >= 15 is 0 Å². The summed E-state index contributed by atoms with van der Waals surface area (Å²) in [5.41, 5.74) is 2.09. The topological polar surface area (TPSA) is 30.5 Å². The summed E-state index contributed by atoms with van der Waals surface area (Å²) in [4.78, 5) is 1.32. The Hall–Kier alpha value is -1.43. The van der Waals surface area contributed by atoms with E-state index in [4.69, 9.17) is 32.7 Å². The predicted octanol–water partition coefficient (Wildman–Crippen LogP) is 6.35. The third-order valence-electron chi connectivity index (χ3n) is 3.81. The second-order valence-electron chi connectivity index (χ2n) is 5.71. The van der Waals surface area contributed by atoms with Crippen LogP contribution in [-0.2, 0) is 19.7 Å². The maximum atomic E-state index is 6.04. The average Bonchev–Trinajstić information content (AvgIpc) is 3.16. The van der Waals surface area contributed by atoms with Crippen molar-refractivity contribution in [2.45, 2.75) is 19.7 Å². The monoisotopic (exact) mass is 443 g/mol. The number of nitrogens with one attached hydrogen (secondary N) is 1. The van der Waals surface area contributed by atoms with Crippen LogP contribution in [0.3, 0.4) is 0 Å². The number of thiophene rings is 1. The Labute approximate surface area is 179 Å². The molecule has 144 valence electrons. The van der Waals surface area contributed by atoms with Gasteiger partial charge in [-0.3, -0.25) is 0 Å². The van der Waals surface area contributed by atoms with E-state index in [-0.39, 0.29) is 12.4 Å². The van der Waals surface area contributed by atoms with Crippen LogP contribution in [0, 0.1) is 0 Å². The molecule has 0 fully saturated rings. The van der Waals surface area contributed by atoms with Gasteiger partial charge in [-0.15, -0.1) is 23.7 Å². The maximum absolute atomic E-state index is 6.04. The molecule has 3 aromatic rings. The minimum Gasteiger partial charge on any atom is -0.493 e. The van der Waals surface area contributed by atoms with Crippen LogP contribution >= 0.6 is 46.9 Å². The van der Waals surface area contributed by atoms with Gasteiger partial charge in [-0.25, -0.2) is 0 Å². The number of rotatable bonds is 8. The fourth-order valence-corrected chi connectivity index (χ4v) is 3.47. The number of halogens is 3. The van der Waals surface area contributed by atoms with Crippen molar-refractivity contribution in [3.63, 3.8) is 0 Å². The van der Waals surface area contributed by atoms with Crippen molar-refractivity contribution >= 4 is 46.9 Å². The van der Waals surface area contributed by atoms with E-state index in [1.165, 1.54) is 4.88 Å². The zero-order valence-electron chi connectivity index (χ0n) is 14.7. The Morgan fingerprint density at radius 2 is 1.74 bits per heavy atom. The van der Waals surface area contributed by atoms with Crippen LogP contribution in [0.1, 0.15) is 16.0 Å². The average molecular weight is 445 g/mol. The summed E-state index contributed by atoms with van der Waals surface area (Å²) in [5, 5.41) is 6.57. The molecular formula is C20H20Cl3NO2S. The molecule has 1 aromatic heterocycles. The number of hydrogen-bond acceptors (Lipinski definition) is 4. The van der Waals surface area contributed by atoms with E-state index in [9.17, 15) is 0 Å². The molecule has 1 heterocycles. The summed E-state index contributed by atoms with van der Waals surface area (Å²) in [5.74, 6) is 1.40. The fourth-order valence-electron chi connectivity index (χ4n) is 2.47. The van der Waals surface area contributed by atoms with Crippen LogP contribution in [-0.4, -0.2) is 7.11 Å². The summed E-state index contributed by atoms with van der Waals surface area (Å²) in [6.45, 7) is 2.01. The zero-order chi connectivity index (χ0) is 18.4. The first kappa shape index (κ1) is 21.9. The van der Waals surface area contributed by atoms with E-state index in [1.807, 2.05) is 24.3 Å². The van der Waals surface area contributed by atoms with Crippen molar-refractivity contribution in [1.82, 2.24) is 5.32 Å². The zero-order valence-corrected chi connectivity index (χ0v) is 17.9. The first-order valence-corrected chi connectivity index (χ1v) is 9.76. The van der Waals surface area contributed by atoms with Crippen molar-refractivity contribution < 1.29 is 9.47 Å². The first-order chi connectivity index (χ1) is 12.7. The SMILES string of the molecule is COc1cc(CNCc2cccs2)ccc1OCc1ccc(Cl)c(Cl)c1.Cl. The van der Waals surface area contributed by atoms with Gasteiger partial charge in [0.25, 0.3) is 0 Å². The first-order valence-electron chi connectivity index (χ1n) is 8.12. The van der Waals surface area contributed by atoms with Crippen LogP contribution in [0.25, 0.3) is 0 Å². The molecule has 7 heteroatoms. The molecule has 0 saturated carbocycles. The minimum absolute atomic E-state index is 0. The second kappa shape index (κ2) is 10.8. The van der Waals surface area contributed by atoms with Gasteiger partial charge in [-0.05, 0) is 46.8 Å². The molecule has 0 bridgehead atoms. The molecule has 3 rings (SSSR count). The van der Waals surface area contributed by atoms with Crippen LogP contribution < -0.4 is 14.8 Å². The van der Waals surface area contributed by atoms with Gasteiger partial charge >= 0.3 is 0 Å². The van der Waals surface area contributed by atoms with E-state index in [1.54, 1.807) is 30.6 Å². The quantitative estimate of drug-likeness (QED) is 0.439. The van der Waals surface area contributed by atoms with E-state index in [2.05, 4.69) is 22.8 Å². The molecular weight excluding hydrogens is 425 g/mol. The van der Waals surface area contributed by atoms with Gasteiger partial charge in [-0.1, -0.05) is 41.4 Å². The van der Waals surface area contributed by atoms with Crippen molar-refractivity contribution in [1.29, 1.82) is 0 Å². The van der Waals surface area contributed by atoms with Gasteiger partial charge in [0.05, 0.1) is 17.2 Å². The Bertz CT molecular complexity index is 856. The number of benzene rings is 2. The van der Waals surface area contributed by atoms with Crippen LogP contribution in [0.15, 0.2) is 53.9 Å². The number of ether oxygens (including phenoxy) is 2. The summed E-state index contributed by atoms with van der Waals surface area (Å²) in [6.07, 6.45) is 0. The Balaban J connectivity index is 0.00000261. The molecule has 0 atom stereocenters. The lowest BCUT2D eigenvalue weighted by molar-refractivity contribution is 0.284. The molecule has 0 spiro atoms. The Morgan fingerprint density at radius 3 is 2.44 bits per heavy atom. The number of methoxy groups -OCH3 is 1. The third-order valence-corrected chi connectivity index (χ3v) is 5.43. The highest BCUT2D eigenvalue weighted by Crippen LogP contribution is 2.30. The van der Waals surface area contributed by atoms with E-state index in [0.717, 1.165) is 24.2 Å². The smallest absolute Gasteiger partial charge is 0.161 e. The summed E-state index contributed by atoms with van der Waals surface area (Å²) in [6, 6.07) is 15.6. The highest BCUT2D eigenvalue weighted by atomic mass is 35.5. The minimum atomic E-state index is 0. The largest absolute Gasteiger partial charge is 0.493 e. The van der Waals surface area contributed by atoms with Gasteiger partial charge in [0.2, 0.25) is 0 Å². The third kappa shape index (κ3) is 6.30. The molecule has 0 amide bonds. The lowest BCUT2D eigenvalue weighted by Crippen LogP contribution is -2.11. The molecule has 2 aromatic carbocycles. The van der Waals surface area contributed by atoms with Crippen molar-refractivity contribution in [2.24, 2.45) is 0 Å². The van der Waals surface area contributed by atoms with Crippen molar-refractivity contribution in [3.05, 3.63) is 80.0 Å². The predicted molar refractivity (Wildman–Crippen MR) is 116 cm³/mol. The lowest BCUT2D eigenvalue weighted by atomic mass is 10.2. The number of hydrogen-bond donors (Lipinski definition) is 1. The van der Waals surface area contributed by atoms with E-state index < -0.39 is 0 Å². The van der Waals surface area contributed by atoms with Crippen LogP contribution in [0.5, 0.6) is 11.5 Å². The summed E-state index contributed by atoms with van der Waals surface area (Å²) < 4.78 is 11.4. The summed E-state index contributed by atoms with van der Waals surface area (Å²) >= 11 is 13.7. The van der Waals surface area contributed by atoms with Crippen LogP contribution in [0.2, 0.25) is 10.0 Å².